The number of amides is 2. The van der Waals surface area contributed by atoms with Gasteiger partial charge in [0.25, 0.3) is 0 Å². The van der Waals surface area contributed by atoms with Crippen molar-refractivity contribution >= 4 is 58.4 Å². The fourth-order valence-corrected chi connectivity index (χ4v) is 4.49. The molecular formula is C23H27Cl3N2O2S. The van der Waals surface area contributed by atoms with Gasteiger partial charge in [-0.15, -0.1) is 11.8 Å². The Morgan fingerprint density at radius 1 is 1.03 bits per heavy atom. The van der Waals surface area contributed by atoms with Crippen LogP contribution in [0.4, 0.5) is 0 Å². The van der Waals surface area contributed by atoms with Crippen molar-refractivity contribution in [2.24, 2.45) is 0 Å². The second kappa shape index (κ2) is 12.6. The van der Waals surface area contributed by atoms with Gasteiger partial charge in [-0.25, -0.2) is 0 Å². The van der Waals surface area contributed by atoms with E-state index < -0.39 is 6.04 Å². The number of benzene rings is 2. The van der Waals surface area contributed by atoms with Gasteiger partial charge >= 0.3 is 0 Å². The van der Waals surface area contributed by atoms with Crippen molar-refractivity contribution in [2.45, 2.75) is 51.6 Å². The van der Waals surface area contributed by atoms with Gasteiger partial charge in [-0.1, -0.05) is 59.9 Å². The molecule has 0 heterocycles. The molecule has 0 aliphatic rings. The third kappa shape index (κ3) is 8.23. The zero-order valence-electron chi connectivity index (χ0n) is 17.8. The number of rotatable bonds is 10. The fourth-order valence-electron chi connectivity index (χ4n) is 3.10. The molecule has 2 amide bonds. The molecule has 31 heavy (non-hydrogen) atoms. The van der Waals surface area contributed by atoms with E-state index in [4.69, 9.17) is 34.8 Å². The van der Waals surface area contributed by atoms with E-state index in [-0.39, 0.29) is 30.2 Å². The number of nitrogens with zero attached hydrogens (tertiary/aromatic N) is 1. The molecule has 0 spiro atoms. The van der Waals surface area contributed by atoms with Gasteiger partial charge in [0.15, 0.2) is 0 Å². The SMILES string of the molecule is CC[C@@H](C(=O)NC(C)C)N(Cc1ccc(Cl)c(Cl)c1)C(=O)CSCc1cccc(Cl)c1. The molecule has 0 fully saturated rings. The number of hydrogen-bond acceptors (Lipinski definition) is 3. The van der Waals surface area contributed by atoms with Gasteiger partial charge in [0, 0.05) is 23.4 Å². The van der Waals surface area contributed by atoms with Crippen molar-refractivity contribution in [3.8, 4) is 0 Å². The highest BCUT2D eigenvalue weighted by molar-refractivity contribution is 7.99. The van der Waals surface area contributed by atoms with Crippen LogP contribution in [0, 0.1) is 0 Å². The van der Waals surface area contributed by atoms with Crippen LogP contribution < -0.4 is 5.32 Å². The second-order valence-corrected chi connectivity index (χ2v) is 9.72. The predicted octanol–water partition coefficient (Wildman–Crippen LogP) is 6.21. The minimum absolute atomic E-state index is 0.0133. The van der Waals surface area contributed by atoms with Crippen LogP contribution in [0.15, 0.2) is 42.5 Å². The number of nitrogens with one attached hydrogen (secondary N) is 1. The first-order chi connectivity index (χ1) is 14.7. The summed E-state index contributed by atoms with van der Waals surface area (Å²) in [6, 6.07) is 12.2. The summed E-state index contributed by atoms with van der Waals surface area (Å²) in [5.41, 5.74) is 1.87. The molecule has 2 rings (SSSR count). The molecule has 1 N–H and O–H groups in total. The summed E-state index contributed by atoms with van der Waals surface area (Å²) in [6.07, 6.45) is 0.505. The molecular weight excluding hydrogens is 475 g/mol. The van der Waals surface area contributed by atoms with E-state index in [0.29, 0.717) is 27.2 Å². The average molecular weight is 502 g/mol. The van der Waals surface area contributed by atoms with Crippen molar-refractivity contribution in [3.05, 3.63) is 68.7 Å². The van der Waals surface area contributed by atoms with Gasteiger partial charge in [0.05, 0.1) is 15.8 Å². The molecule has 0 saturated heterocycles. The third-order valence-corrected chi connectivity index (χ3v) is 6.50. The lowest BCUT2D eigenvalue weighted by Crippen LogP contribution is -2.50. The zero-order valence-corrected chi connectivity index (χ0v) is 20.9. The molecule has 8 heteroatoms. The Kier molecular flexibility index (Phi) is 10.5. The lowest BCUT2D eigenvalue weighted by Gasteiger charge is -2.31. The summed E-state index contributed by atoms with van der Waals surface area (Å²) >= 11 is 19.7. The summed E-state index contributed by atoms with van der Waals surface area (Å²) in [5.74, 6) is 0.635. The lowest BCUT2D eigenvalue weighted by molar-refractivity contribution is -0.139. The van der Waals surface area contributed by atoms with Gasteiger partial charge in [-0.2, -0.15) is 0 Å². The Hall–Kier alpha value is -1.40. The van der Waals surface area contributed by atoms with E-state index in [1.54, 1.807) is 17.0 Å². The van der Waals surface area contributed by atoms with Crippen molar-refractivity contribution in [2.75, 3.05) is 5.75 Å². The Morgan fingerprint density at radius 2 is 1.77 bits per heavy atom. The minimum Gasteiger partial charge on any atom is -0.352 e. The van der Waals surface area contributed by atoms with Gasteiger partial charge in [-0.3, -0.25) is 9.59 Å². The molecule has 168 valence electrons. The van der Waals surface area contributed by atoms with E-state index in [2.05, 4.69) is 5.32 Å². The highest BCUT2D eigenvalue weighted by atomic mass is 35.5. The molecule has 4 nitrogen and oxygen atoms in total. The molecule has 2 aromatic rings. The van der Waals surface area contributed by atoms with E-state index in [1.165, 1.54) is 11.8 Å². The Labute approximate surface area is 203 Å². The number of carbonyl (C=O) groups excluding carboxylic acids is 2. The molecule has 2 aromatic carbocycles. The molecule has 0 bridgehead atoms. The van der Waals surface area contributed by atoms with Crippen LogP contribution in [0.5, 0.6) is 0 Å². The van der Waals surface area contributed by atoms with Crippen LogP contribution >= 0.6 is 46.6 Å². The van der Waals surface area contributed by atoms with Crippen LogP contribution in [-0.4, -0.2) is 34.6 Å². The van der Waals surface area contributed by atoms with Crippen molar-refractivity contribution in [1.29, 1.82) is 0 Å². The lowest BCUT2D eigenvalue weighted by atomic mass is 10.1. The molecule has 0 aromatic heterocycles. The maximum Gasteiger partial charge on any atom is 0.243 e. The molecule has 0 aliphatic carbocycles. The number of halogens is 3. The summed E-state index contributed by atoms with van der Waals surface area (Å²) in [4.78, 5) is 27.6. The standard InChI is InChI=1S/C23H27Cl3N2O2S/c1-4-21(23(30)27-15(2)3)28(12-16-8-9-19(25)20(26)11-16)22(29)14-31-13-17-6-5-7-18(24)10-17/h5-11,15,21H,4,12-14H2,1-3H3,(H,27,30)/t21-/m0/s1. The van der Waals surface area contributed by atoms with Crippen LogP contribution in [0.25, 0.3) is 0 Å². The normalized spacial score (nSPS) is 12.0. The molecule has 0 saturated carbocycles. The molecule has 0 radical (unpaired) electrons. The maximum atomic E-state index is 13.2. The van der Waals surface area contributed by atoms with E-state index >= 15 is 0 Å². The van der Waals surface area contributed by atoms with Crippen LogP contribution in [0.3, 0.4) is 0 Å². The van der Waals surface area contributed by atoms with E-state index in [0.717, 1.165) is 11.1 Å². The van der Waals surface area contributed by atoms with Crippen LogP contribution in [-0.2, 0) is 21.9 Å². The molecule has 0 unspecified atom stereocenters. The average Bonchev–Trinajstić information content (AvgIpc) is 2.70. The summed E-state index contributed by atoms with van der Waals surface area (Å²) < 4.78 is 0. The topological polar surface area (TPSA) is 49.4 Å². The molecule has 1 atom stereocenters. The largest absolute Gasteiger partial charge is 0.352 e. The first kappa shape index (κ1) is 25.9. The summed E-state index contributed by atoms with van der Waals surface area (Å²) in [6.45, 7) is 5.98. The van der Waals surface area contributed by atoms with Gasteiger partial charge in [-0.05, 0) is 55.7 Å². The quantitative estimate of drug-likeness (QED) is 0.421. The predicted molar refractivity (Wildman–Crippen MR) is 132 cm³/mol. The van der Waals surface area contributed by atoms with E-state index in [9.17, 15) is 9.59 Å². The first-order valence-corrected chi connectivity index (χ1v) is 12.4. The zero-order chi connectivity index (χ0) is 23.0. The van der Waals surface area contributed by atoms with Crippen molar-refractivity contribution in [3.63, 3.8) is 0 Å². The molecule has 0 aliphatic heterocycles. The maximum absolute atomic E-state index is 13.2. The number of hydrogen-bond donors (Lipinski definition) is 1. The Bertz CT molecular complexity index is 908. The van der Waals surface area contributed by atoms with Crippen molar-refractivity contribution < 1.29 is 9.59 Å². The fraction of sp³-hybridized carbons (Fsp3) is 0.391. The van der Waals surface area contributed by atoms with Gasteiger partial charge in [0.1, 0.15) is 6.04 Å². The second-order valence-electron chi connectivity index (χ2n) is 7.48. The van der Waals surface area contributed by atoms with Crippen molar-refractivity contribution in [1.82, 2.24) is 10.2 Å². The van der Waals surface area contributed by atoms with Gasteiger partial charge in [0.2, 0.25) is 11.8 Å². The monoisotopic (exact) mass is 500 g/mol. The van der Waals surface area contributed by atoms with E-state index in [1.807, 2.05) is 51.1 Å². The summed E-state index contributed by atoms with van der Waals surface area (Å²) in [5, 5.41) is 4.46. The number of carbonyl (C=O) groups is 2. The summed E-state index contributed by atoms with van der Waals surface area (Å²) in [7, 11) is 0. The Balaban J connectivity index is 2.16. The Morgan fingerprint density at radius 3 is 2.39 bits per heavy atom. The highest BCUT2D eigenvalue weighted by Gasteiger charge is 2.29. The first-order valence-electron chi connectivity index (χ1n) is 10.1. The highest BCUT2D eigenvalue weighted by Crippen LogP contribution is 2.25. The minimum atomic E-state index is -0.573. The van der Waals surface area contributed by atoms with Crippen LogP contribution in [0.1, 0.15) is 38.3 Å². The number of thioether (sulfide) groups is 1. The third-order valence-electron chi connectivity index (χ3n) is 4.54. The van der Waals surface area contributed by atoms with Gasteiger partial charge < -0.3 is 10.2 Å². The smallest absolute Gasteiger partial charge is 0.243 e. The van der Waals surface area contributed by atoms with Crippen LogP contribution in [0.2, 0.25) is 15.1 Å².